The van der Waals surface area contributed by atoms with Gasteiger partial charge in [0.25, 0.3) is 0 Å². The van der Waals surface area contributed by atoms with Crippen LogP contribution in [0.2, 0.25) is 0 Å². The van der Waals surface area contributed by atoms with Crippen LogP contribution in [0.4, 0.5) is 4.79 Å². The van der Waals surface area contributed by atoms with Crippen molar-refractivity contribution in [1.82, 2.24) is 30.4 Å². The first-order valence-corrected chi connectivity index (χ1v) is 18.4. The Morgan fingerprint density at radius 3 is 1.79 bits per heavy atom. The summed E-state index contributed by atoms with van der Waals surface area (Å²) in [6.45, 7) is 6.81. The number of benzene rings is 5. The summed E-state index contributed by atoms with van der Waals surface area (Å²) in [6, 6.07) is 46.3. The smallest absolute Gasteiger partial charge is 0.328 e. The van der Waals surface area contributed by atoms with Gasteiger partial charge in [0, 0.05) is 18.7 Å². The number of hydrogen-bond donors (Lipinski definition) is 1. The summed E-state index contributed by atoms with van der Waals surface area (Å²) in [7, 11) is 0. The second-order valence-electron chi connectivity index (χ2n) is 12.9. The predicted octanol–water partition coefficient (Wildman–Crippen LogP) is 8.50. The lowest BCUT2D eigenvalue weighted by Gasteiger charge is -2.36. The molecule has 1 aromatic heterocycles. The number of ether oxygens (including phenoxy) is 1. The average Bonchev–Trinajstić information content (AvgIpc) is 3.70. The fraction of sp³-hybridized carbons (Fsp3) is 0.250. The molecule has 0 radical (unpaired) electrons. The summed E-state index contributed by atoms with van der Waals surface area (Å²) in [5.41, 5.74) is 5.83. The highest BCUT2D eigenvalue weighted by Gasteiger charge is 2.42. The molecule has 1 N–H and O–H groups in total. The van der Waals surface area contributed by atoms with Crippen LogP contribution in [-0.2, 0) is 21.6 Å². The number of nitrogens with zero attached hydrogens (tertiary/aromatic N) is 5. The molecule has 6 rings (SSSR count). The molecule has 9 heteroatoms. The number of hydrogen-bond acceptors (Lipinski definition) is 6. The predicted molar refractivity (Wildman–Crippen MR) is 208 cm³/mol. The lowest BCUT2D eigenvalue weighted by molar-refractivity contribution is -0.149. The van der Waals surface area contributed by atoms with E-state index in [0.717, 1.165) is 51.8 Å². The van der Waals surface area contributed by atoms with E-state index in [9.17, 15) is 9.59 Å². The van der Waals surface area contributed by atoms with Gasteiger partial charge >= 0.3 is 12.0 Å². The number of nitrogens with one attached hydrogen (secondary N) is 1. The molecule has 0 saturated carbocycles. The third-order valence-corrected chi connectivity index (χ3v) is 9.43. The molecule has 1 atom stereocenters. The van der Waals surface area contributed by atoms with Gasteiger partial charge in [0.2, 0.25) is 0 Å². The van der Waals surface area contributed by atoms with Crippen LogP contribution in [0.25, 0.3) is 22.5 Å². The number of urea groups is 1. The molecule has 1 unspecified atom stereocenters. The molecule has 0 aliphatic heterocycles. The van der Waals surface area contributed by atoms with E-state index in [0.29, 0.717) is 18.8 Å². The summed E-state index contributed by atoms with van der Waals surface area (Å²) in [4.78, 5) is 28.0. The van der Waals surface area contributed by atoms with E-state index in [2.05, 4.69) is 53.0 Å². The minimum Gasteiger partial charge on any atom is -0.464 e. The fourth-order valence-electron chi connectivity index (χ4n) is 6.97. The van der Waals surface area contributed by atoms with Gasteiger partial charge in [-0.15, -0.1) is 5.10 Å². The van der Waals surface area contributed by atoms with Crippen molar-refractivity contribution in [2.75, 3.05) is 13.2 Å². The van der Waals surface area contributed by atoms with E-state index in [-0.39, 0.29) is 25.2 Å². The maximum absolute atomic E-state index is 13.4. The van der Waals surface area contributed by atoms with Crippen LogP contribution in [0.1, 0.15) is 62.3 Å². The molecular formula is C44H46N6O3. The second kappa shape index (κ2) is 17.4. The number of rotatable bonds is 15. The molecule has 0 aliphatic carbocycles. The third-order valence-electron chi connectivity index (χ3n) is 9.43. The summed E-state index contributed by atoms with van der Waals surface area (Å²) in [6.07, 6.45) is 2.03. The van der Waals surface area contributed by atoms with Crippen LogP contribution in [0.15, 0.2) is 140 Å². The van der Waals surface area contributed by atoms with Gasteiger partial charge in [-0.25, -0.2) is 14.3 Å². The summed E-state index contributed by atoms with van der Waals surface area (Å²) < 4.78 is 7.34. The Hall–Kier alpha value is -6.09. The fourth-order valence-corrected chi connectivity index (χ4v) is 6.97. The van der Waals surface area contributed by atoms with Gasteiger partial charge in [-0.3, -0.25) is 0 Å². The first-order chi connectivity index (χ1) is 26.0. The van der Waals surface area contributed by atoms with Crippen LogP contribution in [0.3, 0.4) is 0 Å². The van der Waals surface area contributed by atoms with Gasteiger partial charge in [-0.2, -0.15) is 0 Å². The molecule has 0 saturated heterocycles. The number of amides is 2. The van der Waals surface area contributed by atoms with Crippen molar-refractivity contribution in [2.45, 2.75) is 58.2 Å². The number of esters is 1. The van der Waals surface area contributed by atoms with Crippen molar-refractivity contribution >= 4 is 12.0 Å². The van der Waals surface area contributed by atoms with Crippen molar-refractivity contribution in [3.63, 3.8) is 0 Å². The number of tetrazole rings is 1. The Bertz CT molecular complexity index is 1970. The molecule has 0 fully saturated rings. The molecule has 6 aromatic rings. The second-order valence-corrected chi connectivity index (χ2v) is 12.9. The standard InChI is InChI=1S/C44H46N6O3/c1-4-18-40(42(51)53-6-3)49(43(52)45-31-5-2)32-33-27-29-34(30-28-33)38-25-16-17-26-39(38)41-46-47-48-50(41)44(35-19-10-7-11-20-35,36-21-12-8-13-22-36)37-23-14-9-15-24-37/h7-17,19-30,40H,4-6,18,31-32H2,1-3H3,(H,45,52). The van der Waals surface area contributed by atoms with Crippen LogP contribution in [-0.4, -0.2) is 56.3 Å². The van der Waals surface area contributed by atoms with Crippen molar-refractivity contribution < 1.29 is 14.3 Å². The molecule has 2 amide bonds. The lowest BCUT2D eigenvalue weighted by Crippen LogP contribution is -2.49. The zero-order valence-corrected chi connectivity index (χ0v) is 30.6. The van der Waals surface area contributed by atoms with E-state index in [1.165, 1.54) is 0 Å². The maximum atomic E-state index is 13.4. The van der Waals surface area contributed by atoms with Gasteiger partial charge in [-0.05, 0) is 63.6 Å². The van der Waals surface area contributed by atoms with E-state index >= 15 is 0 Å². The number of aromatic nitrogens is 4. The van der Waals surface area contributed by atoms with Gasteiger partial charge in [-0.1, -0.05) is 160 Å². The number of carbonyl (C=O) groups excluding carboxylic acids is 2. The Labute approximate surface area is 311 Å². The van der Waals surface area contributed by atoms with Crippen molar-refractivity contribution in [2.24, 2.45) is 0 Å². The Kier molecular flexibility index (Phi) is 12.1. The molecule has 0 bridgehead atoms. The SMILES string of the molecule is CCCNC(=O)N(Cc1ccc(-c2ccccc2-c2nnnn2C(c2ccccc2)(c2ccccc2)c2ccccc2)cc1)C(CCC)C(=O)OCC. The molecule has 270 valence electrons. The van der Waals surface area contributed by atoms with Gasteiger partial charge < -0.3 is 15.0 Å². The van der Waals surface area contributed by atoms with Crippen LogP contribution < -0.4 is 5.32 Å². The molecular weight excluding hydrogens is 661 g/mol. The molecule has 0 spiro atoms. The van der Waals surface area contributed by atoms with Crippen molar-refractivity contribution in [3.05, 3.63) is 162 Å². The zero-order chi connectivity index (χ0) is 37.0. The van der Waals surface area contributed by atoms with E-state index in [1.807, 2.05) is 116 Å². The first kappa shape index (κ1) is 36.7. The Morgan fingerprint density at radius 2 is 1.26 bits per heavy atom. The minimum absolute atomic E-state index is 0.254. The van der Waals surface area contributed by atoms with Crippen molar-refractivity contribution in [1.29, 1.82) is 0 Å². The van der Waals surface area contributed by atoms with Crippen LogP contribution >= 0.6 is 0 Å². The number of carbonyl (C=O) groups is 2. The molecule has 53 heavy (non-hydrogen) atoms. The minimum atomic E-state index is -0.894. The first-order valence-electron chi connectivity index (χ1n) is 18.4. The summed E-state index contributed by atoms with van der Waals surface area (Å²) >= 11 is 0. The van der Waals surface area contributed by atoms with Gasteiger partial charge in [0.05, 0.1) is 6.61 Å². The third kappa shape index (κ3) is 7.74. The largest absolute Gasteiger partial charge is 0.464 e. The molecule has 1 heterocycles. The van der Waals surface area contributed by atoms with Gasteiger partial charge in [0.1, 0.15) is 11.6 Å². The van der Waals surface area contributed by atoms with Crippen LogP contribution in [0, 0.1) is 0 Å². The zero-order valence-electron chi connectivity index (χ0n) is 30.6. The quantitative estimate of drug-likeness (QED) is 0.0849. The highest BCUT2D eigenvalue weighted by Crippen LogP contribution is 2.43. The summed E-state index contributed by atoms with van der Waals surface area (Å²) in [5, 5.41) is 16.7. The summed E-state index contributed by atoms with van der Waals surface area (Å²) in [5.74, 6) is 0.221. The monoisotopic (exact) mass is 706 g/mol. The van der Waals surface area contributed by atoms with E-state index in [1.54, 1.807) is 11.8 Å². The lowest BCUT2D eigenvalue weighted by atomic mass is 9.77. The topological polar surface area (TPSA) is 102 Å². The molecule has 9 nitrogen and oxygen atoms in total. The Balaban J connectivity index is 1.43. The van der Waals surface area contributed by atoms with Crippen LogP contribution in [0.5, 0.6) is 0 Å². The maximum Gasteiger partial charge on any atom is 0.328 e. The highest BCUT2D eigenvalue weighted by atomic mass is 16.5. The van der Waals surface area contributed by atoms with E-state index < -0.39 is 11.6 Å². The van der Waals surface area contributed by atoms with E-state index in [4.69, 9.17) is 15.0 Å². The Morgan fingerprint density at radius 1 is 0.717 bits per heavy atom. The highest BCUT2D eigenvalue weighted by molar-refractivity contribution is 5.84. The normalized spacial score (nSPS) is 11.8. The molecule has 5 aromatic carbocycles. The molecule has 0 aliphatic rings. The van der Waals surface area contributed by atoms with Gasteiger partial charge in [0.15, 0.2) is 5.82 Å². The average molecular weight is 707 g/mol. The van der Waals surface area contributed by atoms with Crippen molar-refractivity contribution in [3.8, 4) is 22.5 Å².